The Morgan fingerprint density at radius 1 is 1.50 bits per heavy atom. The van der Waals surface area contributed by atoms with E-state index in [1.54, 1.807) is 16.4 Å². The average Bonchev–Trinajstić information content (AvgIpc) is 2.64. The van der Waals surface area contributed by atoms with E-state index in [1.807, 2.05) is 25.2 Å². The molecule has 0 saturated carbocycles. The summed E-state index contributed by atoms with van der Waals surface area (Å²) in [6.07, 6.45) is 1.53. The van der Waals surface area contributed by atoms with E-state index in [2.05, 4.69) is 10.1 Å². The number of benzene rings is 1. The van der Waals surface area contributed by atoms with Gasteiger partial charge in [0.15, 0.2) is 0 Å². The molecular formula is C10H11ClN4S. The Labute approximate surface area is 103 Å². The molecule has 0 atom stereocenters. The van der Waals surface area contributed by atoms with Gasteiger partial charge in [-0.05, 0) is 12.1 Å². The number of nitrogens with zero attached hydrogens (tertiary/aromatic N) is 3. The molecule has 0 aliphatic rings. The SMILES string of the molecule is Cn1ncnc1CSc1c(N)cccc1Cl. The number of nitrogens with two attached hydrogens (primary N) is 1. The molecule has 0 aliphatic heterocycles. The molecule has 0 radical (unpaired) electrons. The smallest absolute Gasteiger partial charge is 0.138 e. The van der Waals surface area contributed by atoms with Crippen LogP contribution >= 0.6 is 23.4 Å². The summed E-state index contributed by atoms with van der Waals surface area (Å²) in [6.45, 7) is 0. The molecule has 1 aromatic heterocycles. The number of hydrogen-bond acceptors (Lipinski definition) is 4. The fraction of sp³-hybridized carbons (Fsp3) is 0.200. The first-order chi connectivity index (χ1) is 7.68. The monoisotopic (exact) mass is 254 g/mol. The third kappa shape index (κ3) is 2.31. The third-order valence-corrected chi connectivity index (χ3v) is 3.72. The van der Waals surface area contributed by atoms with Gasteiger partial charge in [-0.25, -0.2) is 4.98 Å². The Balaban J connectivity index is 2.14. The van der Waals surface area contributed by atoms with E-state index in [4.69, 9.17) is 17.3 Å². The van der Waals surface area contributed by atoms with Crippen LogP contribution in [0.4, 0.5) is 5.69 Å². The summed E-state index contributed by atoms with van der Waals surface area (Å²) in [4.78, 5) is 5.03. The number of anilines is 1. The van der Waals surface area contributed by atoms with Crippen LogP contribution < -0.4 is 5.73 Å². The fourth-order valence-electron chi connectivity index (χ4n) is 1.27. The number of rotatable bonds is 3. The summed E-state index contributed by atoms with van der Waals surface area (Å²) in [5, 5.41) is 4.68. The largest absolute Gasteiger partial charge is 0.398 e. The van der Waals surface area contributed by atoms with Gasteiger partial charge < -0.3 is 5.73 Å². The van der Waals surface area contributed by atoms with Gasteiger partial charge >= 0.3 is 0 Å². The van der Waals surface area contributed by atoms with Gasteiger partial charge in [0.25, 0.3) is 0 Å². The lowest BCUT2D eigenvalue weighted by Crippen LogP contribution is -1.98. The Bertz CT molecular complexity index is 477. The van der Waals surface area contributed by atoms with Crippen molar-refractivity contribution in [2.24, 2.45) is 7.05 Å². The fourth-order valence-corrected chi connectivity index (χ4v) is 2.59. The van der Waals surface area contributed by atoms with E-state index in [1.165, 1.54) is 6.33 Å². The lowest BCUT2D eigenvalue weighted by Gasteiger charge is -2.06. The summed E-state index contributed by atoms with van der Waals surface area (Å²) >= 11 is 7.63. The predicted molar refractivity (Wildman–Crippen MR) is 66.4 cm³/mol. The number of aryl methyl sites for hydroxylation is 1. The van der Waals surface area contributed by atoms with E-state index in [0.29, 0.717) is 16.5 Å². The van der Waals surface area contributed by atoms with Crippen molar-refractivity contribution in [2.45, 2.75) is 10.6 Å². The minimum atomic E-state index is 0.673. The van der Waals surface area contributed by atoms with E-state index in [0.717, 1.165) is 10.7 Å². The molecule has 2 rings (SSSR count). The zero-order chi connectivity index (χ0) is 11.5. The Morgan fingerprint density at radius 3 is 2.94 bits per heavy atom. The molecule has 6 heteroatoms. The van der Waals surface area contributed by atoms with Gasteiger partial charge in [-0.1, -0.05) is 17.7 Å². The molecule has 84 valence electrons. The van der Waals surface area contributed by atoms with Gasteiger partial charge in [0.1, 0.15) is 12.2 Å². The number of aromatic nitrogens is 3. The van der Waals surface area contributed by atoms with Crippen LogP contribution in [0, 0.1) is 0 Å². The molecule has 4 nitrogen and oxygen atoms in total. The summed E-state index contributed by atoms with van der Waals surface area (Å²) in [6, 6.07) is 5.51. The van der Waals surface area contributed by atoms with Crippen LogP contribution in [0.3, 0.4) is 0 Å². The molecule has 0 saturated heterocycles. The molecule has 0 fully saturated rings. The summed E-state index contributed by atoms with van der Waals surface area (Å²) in [7, 11) is 1.86. The highest BCUT2D eigenvalue weighted by atomic mass is 35.5. The van der Waals surface area contributed by atoms with E-state index in [9.17, 15) is 0 Å². The second-order valence-corrected chi connectivity index (χ2v) is 4.64. The molecule has 0 aliphatic carbocycles. The lowest BCUT2D eigenvalue weighted by atomic mass is 10.3. The van der Waals surface area contributed by atoms with Crippen molar-refractivity contribution in [3.63, 3.8) is 0 Å². The van der Waals surface area contributed by atoms with E-state index < -0.39 is 0 Å². The van der Waals surface area contributed by atoms with Gasteiger partial charge in [0.2, 0.25) is 0 Å². The standard InChI is InChI=1S/C10H11ClN4S/c1-15-9(13-6-14-15)5-16-10-7(11)3-2-4-8(10)12/h2-4,6H,5,12H2,1H3. The molecule has 2 aromatic rings. The Morgan fingerprint density at radius 2 is 2.31 bits per heavy atom. The average molecular weight is 255 g/mol. The lowest BCUT2D eigenvalue weighted by molar-refractivity contribution is 0.730. The van der Waals surface area contributed by atoms with Crippen molar-refractivity contribution in [3.8, 4) is 0 Å². The summed E-state index contributed by atoms with van der Waals surface area (Å²) < 4.78 is 1.74. The van der Waals surface area contributed by atoms with Crippen molar-refractivity contribution < 1.29 is 0 Å². The van der Waals surface area contributed by atoms with E-state index >= 15 is 0 Å². The Kier molecular flexibility index (Phi) is 3.36. The van der Waals surface area contributed by atoms with Gasteiger partial charge in [-0.3, -0.25) is 4.68 Å². The summed E-state index contributed by atoms with van der Waals surface area (Å²) in [5.41, 5.74) is 6.54. The van der Waals surface area contributed by atoms with Crippen LogP contribution in [-0.4, -0.2) is 14.8 Å². The molecule has 0 spiro atoms. The van der Waals surface area contributed by atoms with Crippen LogP contribution in [0.2, 0.25) is 5.02 Å². The molecule has 0 amide bonds. The quantitative estimate of drug-likeness (QED) is 0.675. The first-order valence-corrected chi connectivity index (χ1v) is 6.04. The molecule has 2 N–H and O–H groups in total. The minimum Gasteiger partial charge on any atom is -0.398 e. The third-order valence-electron chi connectivity index (χ3n) is 2.15. The highest BCUT2D eigenvalue weighted by Crippen LogP contribution is 2.33. The van der Waals surface area contributed by atoms with Crippen LogP contribution in [0.25, 0.3) is 0 Å². The highest BCUT2D eigenvalue weighted by molar-refractivity contribution is 7.98. The zero-order valence-electron chi connectivity index (χ0n) is 8.72. The summed E-state index contributed by atoms with van der Waals surface area (Å²) in [5.74, 6) is 1.59. The maximum absolute atomic E-state index is 6.07. The minimum absolute atomic E-state index is 0.673. The maximum Gasteiger partial charge on any atom is 0.138 e. The first kappa shape index (κ1) is 11.3. The van der Waals surface area contributed by atoms with Crippen molar-refractivity contribution in [1.82, 2.24) is 14.8 Å². The maximum atomic E-state index is 6.07. The zero-order valence-corrected chi connectivity index (χ0v) is 10.3. The number of halogens is 1. The van der Waals surface area contributed by atoms with Crippen molar-refractivity contribution in [3.05, 3.63) is 35.4 Å². The molecule has 0 bridgehead atoms. The predicted octanol–water partition coefficient (Wildman–Crippen LogP) is 2.34. The molecule has 1 heterocycles. The van der Waals surface area contributed by atoms with Gasteiger partial charge in [-0.15, -0.1) is 11.8 Å². The molecular weight excluding hydrogens is 244 g/mol. The highest BCUT2D eigenvalue weighted by Gasteiger charge is 2.07. The number of nitrogen functional groups attached to an aromatic ring is 1. The van der Waals surface area contributed by atoms with Crippen LogP contribution in [-0.2, 0) is 12.8 Å². The normalized spacial score (nSPS) is 10.6. The van der Waals surface area contributed by atoms with Crippen molar-refractivity contribution >= 4 is 29.1 Å². The molecule has 1 aromatic carbocycles. The van der Waals surface area contributed by atoms with Gasteiger partial charge in [0.05, 0.1) is 10.8 Å². The second kappa shape index (κ2) is 4.76. The van der Waals surface area contributed by atoms with Crippen LogP contribution in [0.15, 0.2) is 29.4 Å². The Hall–Kier alpha value is -1.20. The van der Waals surface area contributed by atoms with E-state index in [-0.39, 0.29) is 0 Å². The number of thioether (sulfide) groups is 1. The van der Waals surface area contributed by atoms with Gasteiger partial charge in [0, 0.05) is 17.6 Å². The van der Waals surface area contributed by atoms with Crippen LogP contribution in [0.1, 0.15) is 5.82 Å². The molecule has 0 unspecified atom stereocenters. The van der Waals surface area contributed by atoms with Crippen molar-refractivity contribution in [2.75, 3.05) is 5.73 Å². The topological polar surface area (TPSA) is 56.7 Å². The first-order valence-electron chi connectivity index (χ1n) is 4.68. The van der Waals surface area contributed by atoms with Gasteiger partial charge in [-0.2, -0.15) is 5.10 Å². The molecule has 16 heavy (non-hydrogen) atoms. The second-order valence-electron chi connectivity index (χ2n) is 3.25. The number of hydrogen-bond donors (Lipinski definition) is 1. The van der Waals surface area contributed by atoms with Crippen molar-refractivity contribution in [1.29, 1.82) is 0 Å². The van der Waals surface area contributed by atoms with Crippen LogP contribution in [0.5, 0.6) is 0 Å².